The summed E-state index contributed by atoms with van der Waals surface area (Å²) in [6.45, 7) is 2.10. The van der Waals surface area contributed by atoms with E-state index in [-0.39, 0.29) is 13.2 Å². The topological polar surface area (TPSA) is 114 Å². The summed E-state index contributed by atoms with van der Waals surface area (Å²) in [6, 6.07) is 20.4. The van der Waals surface area contributed by atoms with Crippen LogP contribution in [0.2, 0.25) is 0 Å². The van der Waals surface area contributed by atoms with Gasteiger partial charge in [-0.15, -0.1) is 0 Å². The van der Waals surface area contributed by atoms with Gasteiger partial charge in [0.05, 0.1) is 18.4 Å². The number of anilines is 1. The minimum atomic E-state index is -1.03. The number of para-hydroxylation sites is 1. The molecule has 0 unspecified atom stereocenters. The SMILES string of the molecule is CCO[C@H](CC/C=C/C(=O)O)[C@H](OC(=O)Nc1cccc2ccccc12)c1ccccc1OCCO. The van der Waals surface area contributed by atoms with Gasteiger partial charge in [0.15, 0.2) is 6.10 Å². The van der Waals surface area contributed by atoms with Crippen molar-refractivity contribution in [2.24, 2.45) is 0 Å². The highest BCUT2D eigenvalue weighted by molar-refractivity contribution is 6.00. The largest absolute Gasteiger partial charge is 0.491 e. The van der Waals surface area contributed by atoms with Crippen LogP contribution in [0.4, 0.5) is 10.5 Å². The zero-order valence-corrected chi connectivity index (χ0v) is 20.1. The molecule has 0 aliphatic carbocycles. The van der Waals surface area contributed by atoms with E-state index in [1.165, 1.54) is 6.08 Å². The van der Waals surface area contributed by atoms with Gasteiger partial charge in [0.2, 0.25) is 0 Å². The number of carbonyl (C=O) groups is 2. The summed E-state index contributed by atoms with van der Waals surface area (Å²) < 4.78 is 17.6. The van der Waals surface area contributed by atoms with Gasteiger partial charge in [-0.3, -0.25) is 5.32 Å². The molecule has 0 aliphatic rings. The van der Waals surface area contributed by atoms with Crippen molar-refractivity contribution in [1.29, 1.82) is 0 Å². The second kappa shape index (κ2) is 13.9. The summed E-state index contributed by atoms with van der Waals surface area (Å²) in [5.41, 5.74) is 1.19. The average molecular weight is 494 g/mol. The summed E-state index contributed by atoms with van der Waals surface area (Å²) in [5, 5.41) is 22.8. The van der Waals surface area contributed by atoms with E-state index in [1.54, 1.807) is 30.3 Å². The van der Waals surface area contributed by atoms with Gasteiger partial charge in [0.25, 0.3) is 0 Å². The first-order chi connectivity index (χ1) is 17.5. The molecule has 0 heterocycles. The lowest BCUT2D eigenvalue weighted by molar-refractivity contribution is -0.131. The fourth-order valence-electron chi connectivity index (χ4n) is 3.91. The van der Waals surface area contributed by atoms with Crippen LogP contribution in [0.1, 0.15) is 31.4 Å². The van der Waals surface area contributed by atoms with Crippen molar-refractivity contribution >= 4 is 28.5 Å². The Morgan fingerprint density at radius 2 is 1.78 bits per heavy atom. The number of carboxylic acids is 1. The quantitative estimate of drug-likeness (QED) is 0.276. The maximum Gasteiger partial charge on any atom is 0.412 e. The van der Waals surface area contributed by atoms with Crippen LogP contribution in [0.25, 0.3) is 10.8 Å². The number of allylic oxidation sites excluding steroid dienone is 1. The lowest BCUT2D eigenvalue weighted by Gasteiger charge is -2.28. The van der Waals surface area contributed by atoms with Gasteiger partial charge < -0.3 is 24.4 Å². The van der Waals surface area contributed by atoms with E-state index in [9.17, 15) is 14.7 Å². The number of rotatable bonds is 13. The molecule has 3 aromatic rings. The number of aliphatic hydroxyl groups is 1. The Hall–Kier alpha value is -3.88. The minimum absolute atomic E-state index is 0.0760. The molecule has 190 valence electrons. The molecular weight excluding hydrogens is 462 g/mol. The molecule has 0 aromatic heterocycles. The summed E-state index contributed by atoms with van der Waals surface area (Å²) in [5.74, 6) is -0.576. The molecule has 36 heavy (non-hydrogen) atoms. The number of ether oxygens (including phenoxy) is 3. The summed E-state index contributed by atoms with van der Waals surface area (Å²) >= 11 is 0. The van der Waals surface area contributed by atoms with Crippen LogP contribution in [-0.4, -0.2) is 48.2 Å². The molecule has 8 heteroatoms. The number of hydrogen-bond donors (Lipinski definition) is 3. The number of aliphatic carboxylic acids is 1. The molecule has 0 aliphatic heterocycles. The van der Waals surface area contributed by atoms with Crippen LogP contribution >= 0.6 is 0 Å². The van der Waals surface area contributed by atoms with Crippen LogP contribution in [0.5, 0.6) is 5.75 Å². The number of amides is 1. The maximum absolute atomic E-state index is 13.1. The highest BCUT2D eigenvalue weighted by atomic mass is 16.6. The zero-order valence-electron chi connectivity index (χ0n) is 20.1. The van der Waals surface area contributed by atoms with E-state index < -0.39 is 24.3 Å². The molecule has 1 amide bonds. The lowest BCUT2D eigenvalue weighted by Crippen LogP contribution is -2.29. The lowest BCUT2D eigenvalue weighted by atomic mass is 9.99. The fraction of sp³-hybridized carbons (Fsp3) is 0.286. The monoisotopic (exact) mass is 493 g/mol. The van der Waals surface area contributed by atoms with Gasteiger partial charge in [-0.05, 0) is 37.3 Å². The van der Waals surface area contributed by atoms with Crippen molar-refractivity contribution in [2.45, 2.75) is 32.0 Å². The first-order valence-electron chi connectivity index (χ1n) is 11.8. The third kappa shape index (κ3) is 7.56. The minimum Gasteiger partial charge on any atom is -0.491 e. The highest BCUT2D eigenvalue weighted by Gasteiger charge is 2.30. The third-order valence-corrected chi connectivity index (χ3v) is 5.43. The van der Waals surface area contributed by atoms with Crippen molar-refractivity contribution in [1.82, 2.24) is 0 Å². The third-order valence-electron chi connectivity index (χ3n) is 5.43. The number of hydrogen-bond acceptors (Lipinski definition) is 6. The highest BCUT2D eigenvalue weighted by Crippen LogP contribution is 2.34. The summed E-state index contributed by atoms with van der Waals surface area (Å²) in [6.07, 6.45) is 1.32. The Labute approximate surface area is 210 Å². The smallest absolute Gasteiger partial charge is 0.412 e. The van der Waals surface area contributed by atoms with Crippen molar-refractivity contribution in [3.63, 3.8) is 0 Å². The van der Waals surface area contributed by atoms with Crippen molar-refractivity contribution in [3.05, 3.63) is 84.4 Å². The van der Waals surface area contributed by atoms with Crippen LogP contribution < -0.4 is 10.1 Å². The number of aliphatic hydroxyl groups excluding tert-OH is 1. The van der Waals surface area contributed by atoms with E-state index in [1.807, 2.05) is 43.3 Å². The molecule has 0 radical (unpaired) electrons. The average Bonchev–Trinajstić information content (AvgIpc) is 2.88. The molecule has 3 aromatic carbocycles. The van der Waals surface area contributed by atoms with Gasteiger partial charge >= 0.3 is 12.1 Å². The van der Waals surface area contributed by atoms with Crippen LogP contribution in [0.3, 0.4) is 0 Å². The van der Waals surface area contributed by atoms with Crippen molar-refractivity contribution < 1.29 is 34.0 Å². The molecule has 0 saturated carbocycles. The van der Waals surface area contributed by atoms with Crippen molar-refractivity contribution in [3.8, 4) is 5.75 Å². The van der Waals surface area contributed by atoms with Gasteiger partial charge in [-0.2, -0.15) is 0 Å². The number of fused-ring (bicyclic) bond motifs is 1. The first-order valence-corrected chi connectivity index (χ1v) is 11.8. The molecule has 0 bridgehead atoms. The Bertz CT molecular complexity index is 1170. The normalized spacial score (nSPS) is 12.8. The number of carbonyl (C=O) groups excluding carboxylic acids is 1. The molecule has 3 rings (SSSR count). The first kappa shape index (κ1) is 26.7. The van der Waals surface area contributed by atoms with E-state index in [0.717, 1.165) is 16.8 Å². The molecular formula is C28H31NO7. The van der Waals surface area contributed by atoms with E-state index in [0.29, 0.717) is 36.4 Å². The zero-order chi connectivity index (χ0) is 25.8. The second-order valence-electron chi connectivity index (χ2n) is 7.90. The fourth-order valence-corrected chi connectivity index (χ4v) is 3.91. The number of benzene rings is 3. The van der Waals surface area contributed by atoms with Gasteiger partial charge in [0.1, 0.15) is 12.4 Å². The van der Waals surface area contributed by atoms with Gasteiger partial charge in [-0.25, -0.2) is 9.59 Å². The van der Waals surface area contributed by atoms with E-state index >= 15 is 0 Å². The van der Waals surface area contributed by atoms with Crippen LogP contribution in [-0.2, 0) is 14.3 Å². The summed E-state index contributed by atoms with van der Waals surface area (Å²) in [7, 11) is 0. The van der Waals surface area contributed by atoms with E-state index in [2.05, 4.69) is 5.32 Å². The molecule has 2 atom stereocenters. The number of nitrogens with one attached hydrogen (secondary N) is 1. The second-order valence-corrected chi connectivity index (χ2v) is 7.90. The molecule has 0 fully saturated rings. The molecule has 3 N–H and O–H groups in total. The number of carboxylic acid groups (broad SMARTS) is 1. The Morgan fingerprint density at radius 1 is 1.03 bits per heavy atom. The van der Waals surface area contributed by atoms with Crippen LogP contribution in [0.15, 0.2) is 78.9 Å². The predicted octanol–water partition coefficient (Wildman–Crippen LogP) is 5.33. The maximum atomic E-state index is 13.1. The Balaban J connectivity index is 1.89. The van der Waals surface area contributed by atoms with Crippen LogP contribution in [0, 0.1) is 0 Å². The molecule has 8 nitrogen and oxygen atoms in total. The van der Waals surface area contributed by atoms with Crippen molar-refractivity contribution in [2.75, 3.05) is 25.1 Å². The van der Waals surface area contributed by atoms with Gasteiger partial charge in [0, 0.05) is 23.6 Å². The van der Waals surface area contributed by atoms with E-state index in [4.69, 9.17) is 19.3 Å². The Kier molecular flexibility index (Phi) is 10.3. The molecule has 0 saturated heterocycles. The Morgan fingerprint density at radius 3 is 2.56 bits per heavy atom. The van der Waals surface area contributed by atoms with Gasteiger partial charge in [-0.1, -0.05) is 60.7 Å². The standard InChI is InChI=1S/C28H31NO7/c1-2-34-25(16-7-8-17-26(31)32)27(22-13-5-6-15-24(22)35-19-18-30)36-28(33)29-23-14-9-11-20-10-3-4-12-21(20)23/h3-6,8-15,17,25,27,30H,2,7,16,18-19H2,1H3,(H,29,33)(H,31,32)/b17-8+/t25-,27-/m1/s1. The molecule has 0 spiro atoms. The predicted molar refractivity (Wildman–Crippen MR) is 137 cm³/mol. The summed E-state index contributed by atoms with van der Waals surface area (Å²) in [4.78, 5) is 24.0.